The number of nitrogens with zero attached hydrogens (tertiary/aromatic N) is 1. The number of methoxy groups -OCH3 is 1. The molecule has 0 saturated carbocycles. The van der Waals surface area contributed by atoms with Crippen molar-refractivity contribution in [2.75, 3.05) is 25.1 Å². The van der Waals surface area contributed by atoms with E-state index in [1.54, 1.807) is 4.90 Å². The van der Waals surface area contributed by atoms with Gasteiger partial charge in [0.2, 0.25) is 5.91 Å². The lowest BCUT2D eigenvalue weighted by molar-refractivity contribution is -0.143. The Balaban J connectivity index is 1.37. The predicted molar refractivity (Wildman–Crippen MR) is 120 cm³/mol. The Morgan fingerprint density at radius 2 is 1.74 bits per heavy atom. The van der Waals surface area contributed by atoms with Crippen LogP contribution in [-0.2, 0) is 32.6 Å². The van der Waals surface area contributed by atoms with Crippen LogP contribution in [0.3, 0.4) is 0 Å². The van der Waals surface area contributed by atoms with Gasteiger partial charge < -0.3 is 10.1 Å². The number of benzene rings is 2. The number of piperidine rings is 1. The van der Waals surface area contributed by atoms with E-state index in [2.05, 4.69) is 29.6 Å². The molecule has 1 amide bonds. The maximum absolute atomic E-state index is 13.4. The lowest BCUT2D eigenvalue weighted by Crippen LogP contribution is -2.45. The molecule has 0 radical (unpaired) electrons. The zero-order valence-electron chi connectivity index (χ0n) is 18.1. The van der Waals surface area contributed by atoms with Gasteiger partial charge in [0.1, 0.15) is 6.04 Å². The van der Waals surface area contributed by atoms with Crippen molar-refractivity contribution in [1.29, 1.82) is 0 Å². The lowest BCUT2D eigenvalue weighted by atomic mass is 9.67. The van der Waals surface area contributed by atoms with Gasteiger partial charge >= 0.3 is 5.97 Å². The second kappa shape index (κ2) is 8.12. The fourth-order valence-electron chi connectivity index (χ4n) is 6.23. The molecule has 1 N–H and O–H groups in total. The molecule has 5 rings (SSSR count). The van der Waals surface area contributed by atoms with Crippen molar-refractivity contribution in [3.05, 3.63) is 65.2 Å². The zero-order chi connectivity index (χ0) is 21.4. The average molecular weight is 419 g/mol. The summed E-state index contributed by atoms with van der Waals surface area (Å²) < 4.78 is 5.02. The molecule has 2 heterocycles. The maximum atomic E-state index is 13.4. The smallest absolute Gasteiger partial charge is 0.329 e. The summed E-state index contributed by atoms with van der Waals surface area (Å²) in [4.78, 5) is 27.6. The summed E-state index contributed by atoms with van der Waals surface area (Å²) in [6, 6.07) is 16.1. The maximum Gasteiger partial charge on any atom is 0.329 e. The number of carbonyl (C=O) groups excluding carboxylic acids is 2. The van der Waals surface area contributed by atoms with Gasteiger partial charge in [0.15, 0.2) is 0 Å². The highest BCUT2D eigenvalue weighted by atomic mass is 16.5. The number of fused-ring (bicyclic) bond motifs is 3. The Labute approximate surface area is 183 Å². The summed E-state index contributed by atoms with van der Waals surface area (Å²) >= 11 is 0. The zero-order valence-corrected chi connectivity index (χ0v) is 18.1. The molecule has 1 aliphatic carbocycles. The van der Waals surface area contributed by atoms with Gasteiger partial charge in [0, 0.05) is 23.9 Å². The van der Waals surface area contributed by atoms with E-state index >= 15 is 0 Å². The molecule has 2 aromatic rings. The van der Waals surface area contributed by atoms with Crippen molar-refractivity contribution in [1.82, 2.24) is 5.32 Å². The van der Waals surface area contributed by atoms with Crippen molar-refractivity contribution >= 4 is 17.6 Å². The van der Waals surface area contributed by atoms with Gasteiger partial charge in [0.05, 0.1) is 7.11 Å². The Bertz CT molecular complexity index is 996. The fourth-order valence-corrected chi connectivity index (χ4v) is 6.23. The first-order chi connectivity index (χ1) is 15.1. The normalized spacial score (nSPS) is 23.5. The summed E-state index contributed by atoms with van der Waals surface area (Å²) in [6.45, 7) is 2.06. The summed E-state index contributed by atoms with van der Waals surface area (Å²) in [7, 11) is 1.39. The monoisotopic (exact) mass is 418 g/mol. The van der Waals surface area contributed by atoms with Crippen LogP contribution >= 0.6 is 0 Å². The topological polar surface area (TPSA) is 58.6 Å². The molecule has 1 unspecified atom stereocenters. The van der Waals surface area contributed by atoms with Crippen LogP contribution in [0.15, 0.2) is 48.5 Å². The van der Waals surface area contributed by atoms with Crippen molar-refractivity contribution in [2.24, 2.45) is 5.92 Å². The van der Waals surface area contributed by atoms with Crippen molar-refractivity contribution in [3.8, 4) is 0 Å². The molecular formula is C26H30N2O3. The Kier molecular flexibility index (Phi) is 5.30. The van der Waals surface area contributed by atoms with E-state index in [9.17, 15) is 9.59 Å². The van der Waals surface area contributed by atoms with Crippen molar-refractivity contribution < 1.29 is 14.3 Å². The number of para-hydroxylation sites is 1. The number of anilines is 1. The summed E-state index contributed by atoms with van der Waals surface area (Å²) in [5.41, 5.74) is 5.00. The quantitative estimate of drug-likeness (QED) is 0.774. The third kappa shape index (κ3) is 3.35. The summed E-state index contributed by atoms with van der Waals surface area (Å²) in [5, 5.41) is 3.51. The van der Waals surface area contributed by atoms with Gasteiger partial charge in [-0.3, -0.25) is 9.69 Å². The SMILES string of the molecule is COC(=O)[C@H]1Cc2ccccc2N1C(=O)CCC1Cc2ccccc2C12CCNCC2. The molecule has 2 aliphatic heterocycles. The Hall–Kier alpha value is -2.66. The van der Waals surface area contributed by atoms with Crippen molar-refractivity contribution in [2.45, 2.75) is 50.0 Å². The minimum Gasteiger partial charge on any atom is -0.467 e. The van der Waals surface area contributed by atoms with Crippen LogP contribution in [0.25, 0.3) is 0 Å². The molecule has 3 aliphatic rings. The van der Waals surface area contributed by atoms with Gasteiger partial charge in [-0.25, -0.2) is 4.79 Å². The highest BCUT2D eigenvalue weighted by Gasteiger charge is 2.47. The first kappa shape index (κ1) is 20.3. The van der Waals surface area contributed by atoms with Crippen LogP contribution < -0.4 is 10.2 Å². The van der Waals surface area contributed by atoms with Gasteiger partial charge in [-0.2, -0.15) is 0 Å². The third-order valence-corrected chi connectivity index (χ3v) is 7.72. The minimum atomic E-state index is -0.552. The molecule has 5 nitrogen and oxygen atoms in total. The van der Waals surface area contributed by atoms with Crippen LogP contribution in [-0.4, -0.2) is 38.1 Å². The van der Waals surface area contributed by atoms with E-state index in [1.165, 1.54) is 18.2 Å². The first-order valence-corrected chi connectivity index (χ1v) is 11.4. The number of nitrogens with one attached hydrogen (secondary N) is 1. The number of carbonyl (C=O) groups is 2. The van der Waals surface area contributed by atoms with Crippen LogP contribution in [0.2, 0.25) is 0 Å². The highest BCUT2D eigenvalue weighted by Crippen LogP contribution is 2.50. The molecule has 5 heteroatoms. The second-order valence-corrected chi connectivity index (χ2v) is 9.14. The van der Waals surface area contributed by atoms with E-state index in [0.717, 1.165) is 50.0 Å². The number of hydrogen-bond acceptors (Lipinski definition) is 4. The first-order valence-electron chi connectivity index (χ1n) is 11.4. The molecule has 2 atom stereocenters. The molecule has 0 bridgehead atoms. The molecule has 162 valence electrons. The molecule has 0 aromatic heterocycles. The molecular weight excluding hydrogens is 388 g/mol. The predicted octanol–water partition coefficient (Wildman–Crippen LogP) is 3.39. The molecule has 1 spiro atoms. The number of hydrogen-bond donors (Lipinski definition) is 1. The van der Waals surface area contributed by atoms with Crippen molar-refractivity contribution in [3.63, 3.8) is 0 Å². The van der Waals surface area contributed by atoms with Crippen LogP contribution in [0.4, 0.5) is 5.69 Å². The average Bonchev–Trinajstić information content (AvgIpc) is 3.34. The van der Waals surface area contributed by atoms with E-state index in [-0.39, 0.29) is 17.3 Å². The fraction of sp³-hybridized carbons (Fsp3) is 0.462. The standard InChI is InChI=1S/C26H30N2O3/c1-31-25(30)23-17-19-7-3-5-9-22(19)28(23)24(29)11-10-20-16-18-6-2-4-8-21(18)26(20)12-14-27-15-13-26/h2-9,20,23,27H,10-17H2,1H3/t20?,23-/m1/s1. The summed E-state index contributed by atoms with van der Waals surface area (Å²) in [6.07, 6.45) is 5.12. The van der Waals surface area contributed by atoms with Crippen LogP contribution in [0.5, 0.6) is 0 Å². The Morgan fingerprint density at radius 1 is 1.03 bits per heavy atom. The largest absolute Gasteiger partial charge is 0.467 e. The van der Waals surface area contributed by atoms with Gasteiger partial charge in [-0.15, -0.1) is 0 Å². The van der Waals surface area contributed by atoms with Crippen LogP contribution in [0, 0.1) is 5.92 Å². The van der Waals surface area contributed by atoms with Gasteiger partial charge in [-0.05, 0) is 67.4 Å². The molecule has 1 fully saturated rings. The van der Waals surface area contributed by atoms with Gasteiger partial charge in [-0.1, -0.05) is 42.5 Å². The van der Waals surface area contributed by atoms with E-state index in [4.69, 9.17) is 4.74 Å². The summed E-state index contributed by atoms with van der Waals surface area (Å²) in [5.74, 6) is 0.151. The lowest BCUT2D eigenvalue weighted by Gasteiger charge is -2.40. The van der Waals surface area contributed by atoms with E-state index < -0.39 is 6.04 Å². The van der Waals surface area contributed by atoms with Gasteiger partial charge in [0.25, 0.3) is 0 Å². The minimum absolute atomic E-state index is 0.0281. The number of rotatable bonds is 4. The molecule has 31 heavy (non-hydrogen) atoms. The van der Waals surface area contributed by atoms with E-state index in [0.29, 0.717) is 18.8 Å². The molecule has 1 saturated heterocycles. The third-order valence-electron chi connectivity index (χ3n) is 7.72. The second-order valence-electron chi connectivity index (χ2n) is 9.14. The Morgan fingerprint density at radius 3 is 2.52 bits per heavy atom. The van der Waals surface area contributed by atoms with Crippen LogP contribution in [0.1, 0.15) is 42.4 Å². The highest BCUT2D eigenvalue weighted by molar-refractivity contribution is 6.02. The molecule has 2 aromatic carbocycles. The number of amides is 1. The van der Waals surface area contributed by atoms with E-state index in [1.807, 2.05) is 24.3 Å². The number of esters is 1. The number of ether oxygens (including phenoxy) is 1.